The number of nitrogens with one attached hydrogen (secondary N) is 1. The molecule has 1 fully saturated rings. The van der Waals surface area contributed by atoms with Gasteiger partial charge in [-0.25, -0.2) is 8.42 Å². The third kappa shape index (κ3) is 5.49. The van der Waals surface area contributed by atoms with Gasteiger partial charge in [0.2, 0.25) is 0 Å². The fourth-order valence-corrected chi connectivity index (χ4v) is 2.44. The van der Waals surface area contributed by atoms with Crippen molar-refractivity contribution in [3.05, 3.63) is 0 Å². The van der Waals surface area contributed by atoms with Gasteiger partial charge < -0.3 is 10.2 Å². The number of rotatable bonds is 5. The van der Waals surface area contributed by atoms with Crippen LogP contribution in [0.4, 0.5) is 0 Å². The second kappa shape index (κ2) is 5.82. The first kappa shape index (κ1) is 12.9. The lowest BCUT2D eigenvalue weighted by atomic mass is 10.0. The number of piperidine rings is 1. The predicted molar refractivity (Wildman–Crippen MR) is 62.8 cm³/mol. The van der Waals surface area contributed by atoms with Crippen LogP contribution in [-0.4, -0.2) is 58.1 Å². The highest BCUT2D eigenvalue weighted by atomic mass is 32.2. The Balaban J connectivity index is 2.14. The van der Waals surface area contributed by atoms with Crippen LogP contribution in [0.3, 0.4) is 0 Å². The monoisotopic (exact) mass is 234 g/mol. The summed E-state index contributed by atoms with van der Waals surface area (Å²) in [6.07, 6.45) is 5.09. The van der Waals surface area contributed by atoms with E-state index < -0.39 is 9.84 Å². The van der Waals surface area contributed by atoms with Crippen LogP contribution < -0.4 is 5.32 Å². The Bertz CT molecular complexity index is 277. The number of sulfone groups is 1. The molecule has 1 heterocycles. The molecule has 15 heavy (non-hydrogen) atoms. The lowest BCUT2D eigenvalue weighted by Gasteiger charge is -2.32. The van der Waals surface area contributed by atoms with Gasteiger partial charge in [0.1, 0.15) is 9.84 Å². The van der Waals surface area contributed by atoms with Crippen molar-refractivity contribution in [2.75, 3.05) is 38.7 Å². The molecule has 0 aliphatic carbocycles. The van der Waals surface area contributed by atoms with E-state index in [9.17, 15) is 8.42 Å². The van der Waals surface area contributed by atoms with Gasteiger partial charge >= 0.3 is 0 Å². The van der Waals surface area contributed by atoms with E-state index in [2.05, 4.69) is 17.3 Å². The van der Waals surface area contributed by atoms with Gasteiger partial charge in [-0.05, 0) is 26.4 Å². The highest BCUT2D eigenvalue weighted by Gasteiger charge is 2.17. The molecule has 0 saturated carbocycles. The average molecular weight is 234 g/mol. The highest BCUT2D eigenvalue weighted by Crippen LogP contribution is 2.13. The van der Waals surface area contributed by atoms with Crippen molar-refractivity contribution < 1.29 is 8.42 Å². The molecule has 0 aromatic heterocycles. The van der Waals surface area contributed by atoms with Crippen LogP contribution in [-0.2, 0) is 9.84 Å². The highest BCUT2D eigenvalue weighted by molar-refractivity contribution is 7.90. The fraction of sp³-hybridized carbons (Fsp3) is 1.00. The summed E-state index contributed by atoms with van der Waals surface area (Å²) in [5.74, 6) is 0.240. The molecule has 0 bridgehead atoms. The number of hydrogen-bond acceptors (Lipinski definition) is 4. The summed E-state index contributed by atoms with van der Waals surface area (Å²) >= 11 is 0. The van der Waals surface area contributed by atoms with Crippen LogP contribution in [0, 0.1) is 0 Å². The van der Waals surface area contributed by atoms with E-state index in [1.165, 1.54) is 32.1 Å². The normalized spacial score (nSPS) is 24.3. The zero-order valence-electron chi connectivity index (χ0n) is 9.70. The summed E-state index contributed by atoms with van der Waals surface area (Å²) < 4.78 is 21.8. The Kier molecular flexibility index (Phi) is 5.02. The Labute approximate surface area is 93.0 Å². The van der Waals surface area contributed by atoms with Crippen LogP contribution in [0.5, 0.6) is 0 Å². The zero-order valence-corrected chi connectivity index (χ0v) is 10.5. The number of hydrogen-bond donors (Lipinski definition) is 1. The lowest BCUT2D eigenvalue weighted by Crippen LogP contribution is -2.43. The van der Waals surface area contributed by atoms with Crippen LogP contribution in [0.25, 0.3) is 0 Å². The minimum atomic E-state index is -2.82. The van der Waals surface area contributed by atoms with E-state index in [1.54, 1.807) is 0 Å². The van der Waals surface area contributed by atoms with Gasteiger partial charge in [0.15, 0.2) is 0 Å². The maximum Gasteiger partial charge on any atom is 0.148 e. The molecule has 1 N–H and O–H groups in total. The summed E-state index contributed by atoms with van der Waals surface area (Å²) in [5, 5.41) is 3.22. The molecule has 1 aliphatic rings. The molecule has 1 saturated heterocycles. The van der Waals surface area contributed by atoms with E-state index in [4.69, 9.17) is 0 Å². The van der Waals surface area contributed by atoms with E-state index >= 15 is 0 Å². The molecule has 0 radical (unpaired) electrons. The molecular weight excluding hydrogens is 212 g/mol. The van der Waals surface area contributed by atoms with Crippen LogP contribution in [0.15, 0.2) is 0 Å². The maximum absolute atomic E-state index is 10.9. The quantitative estimate of drug-likeness (QED) is 0.686. The van der Waals surface area contributed by atoms with Crippen LogP contribution >= 0.6 is 0 Å². The Morgan fingerprint density at radius 2 is 2.13 bits per heavy atom. The van der Waals surface area contributed by atoms with E-state index in [1.807, 2.05) is 0 Å². The first-order valence-corrected chi connectivity index (χ1v) is 7.64. The molecule has 4 nitrogen and oxygen atoms in total. The molecule has 1 atom stereocenters. The van der Waals surface area contributed by atoms with Gasteiger partial charge in [0.25, 0.3) is 0 Å². The number of likely N-dealkylation sites (tertiary alicyclic amines) is 1. The van der Waals surface area contributed by atoms with E-state index in [-0.39, 0.29) is 5.75 Å². The molecule has 0 aromatic rings. The molecule has 0 amide bonds. The Morgan fingerprint density at radius 1 is 1.40 bits per heavy atom. The van der Waals surface area contributed by atoms with E-state index in [0.29, 0.717) is 12.6 Å². The standard InChI is InChI=1S/C10H22N2O2S/c1-12-7-4-3-5-10(12)9-11-6-8-15(2,13)14/h10-11H,3-9H2,1-2H3. The van der Waals surface area contributed by atoms with Gasteiger partial charge in [-0.3, -0.25) is 0 Å². The first-order valence-electron chi connectivity index (χ1n) is 5.58. The molecule has 0 aromatic carbocycles. The predicted octanol–water partition coefficient (Wildman–Crippen LogP) is 0.105. The van der Waals surface area contributed by atoms with Crippen LogP contribution in [0.2, 0.25) is 0 Å². The summed E-state index contributed by atoms with van der Waals surface area (Å²) in [5.41, 5.74) is 0. The lowest BCUT2D eigenvalue weighted by molar-refractivity contribution is 0.182. The van der Waals surface area contributed by atoms with Crippen LogP contribution in [0.1, 0.15) is 19.3 Å². The van der Waals surface area contributed by atoms with Crippen molar-refractivity contribution in [1.82, 2.24) is 10.2 Å². The SMILES string of the molecule is CN1CCCCC1CNCCS(C)(=O)=O. The third-order valence-electron chi connectivity index (χ3n) is 2.95. The van der Waals surface area contributed by atoms with Crippen molar-refractivity contribution in [1.29, 1.82) is 0 Å². The molecular formula is C10H22N2O2S. The first-order chi connectivity index (χ1) is 6.99. The van der Waals surface area contributed by atoms with Crippen molar-refractivity contribution >= 4 is 9.84 Å². The topological polar surface area (TPSA) is 49.4 Å². The van der Waals surface area contributed by atoms with Crippen molar-refractivity contribution in [3.8, 4) is 0 Å². The third-order valence-corrected chi connectivity index (χ3v) is 3.90. The smallest absolute Gasteiger partial charge is 0.148 e. The fourth-order valence-electron chi connectivity index (χ4n) is 1.93. The molecule has 0 spiro atoms. The summed E-state index contributed by atoms with van der Waals surface area (Å²) in [4.78, 5) is 2.36. The number of likely N-dealkylation sites (N-methyl/N-ethyl adjacent to an activating group) is 1. The van der Waals surface area contributed by atoms with Crippen molar-refractivity contribution in [3.63, 3.8) is 0 Å². The Hall–Kier alpha value is -0.130. The van der Waals surface area contributed by atoms with Gasteiger partial charge in [0.05, 0.1) is 5.75 Å². The summed E-state index contributed by atoms with van der Waals surface area (Å²) in [6.45, 7) is 2.65. The average Bonchev–Trinajstić information content (AvgIpc) is 2.13. The second-order valence-electron chi connectivity index (χ2n) is 4.46. The van der Waals surface area contributed by atoms with Gasteiger partial charge in [-0.1, -0.05) is 6.42 Å². The molecule has 5 heteroatoms. The molecule has 1 unspecified atom stereocenters. The van der Waals surface area contributed by atoms with Gasteiger partial charge in [0, 0.05) is 25.4 Å². The summed E-state index contributed by atoms with van der Waals surface area (Å²) in [7, 11) is -0.676. The number of nitrogens with zero attached hydrogens (tertiary/aromatic N) is 1. The molecule has 1 rings (SSSR count). The van der Waals surface area contributed by atoms with Gasteiger partial charge in [-0.15, -0.1) is 0 Å². The zero-order chi connectivity index (χ0) is 11.3. The largest absolute Gasteiger partial charge is 0.314 e. The Morgan fingerprint density at radius 3 is 2.73 bits per heavy atom. The molecule has 1 aliphatic heterocycles. The maximum atomic E-state index is 10.9. The minimum Gasteiger partial charge on any atom is -0.314 e. The summed E-state index contributed by atoms with van der Waals surface area (Å²) in [6, 6.07) is 0.582. The second-order valence-corrected chi connectivity index (χ2v) is 6.72. The molecule has 90 valence electrons. The van der Waals surface area contributed by atoms with Crippen molar-refractivity contribution in [2.24, 2.45) is 0 Å². The van der Waals surface area contributed by atoms with Gasteiger partial charge in [-0.2, -0.15) is 0 Å². The van der Waals surface area contributed by atoms with Crippen molar-refractivity contribution in [2.45, 2.75) is 25.3 Å². The minimum absolute atomic E-state index is 0.240. The van der Waals surface area contributed by atoms with E-state index in [0.717, 1.165) is 6.54 Å².